The number of para-hydroxylation sites is 2. The highest BCUT2D eigenvalue weighted by Crippen LogP contribution is 2.35. The van der Waals surface area contributed by atoms with Crippen molar-refractivity contribution in [3.8, 4) is 45.6 Å². The van der Waals surface area contributed by atoms with Crippen molar-refractivity contribution in [2.45, 2.75) is 123 Å². The summed E-state index contributed by atoms with van der Waals surface area (Å²) in [6, 6.07) is 47.3. The van der Waals surface area contributed by atoms with Crippen LogP contribution < -0.4 is 28.4 Å². The Balaban J connectivity index is 1.05. The lowest BCUT2D eigenvalue weighted by Gasteiger charge is -2.44. The van der Waals surface area contributed by atoms with Crippen molar-refractivity contribution >= 4 is 68.7 Å². The quantitative estimate of drug-likeness (QED) is 0.0246. The molecule has 2 atom stereocenters. The zero-order valence-electron chi connectivity index (χ0n) is 48.1. The van der Waals surface area contributed by atoms with Gasteiger partial charge >= 0.3 is 27.1 Å². The van der Waals surface area contributed by atoms with E-state index in [1.54, 1.807) is 61.7 Å². The third kappa shape index (κ3) is 19.6. The Bertz CT molecular complexity index is 2960. The van der Waals surface area contributed by atoms with E-state index in [1.165, 1.54) is 6.92 Å². The highest BCUT2D eigenvalue weighted by atomic mass is 28.5. The minimum absolute atomic E-state index is 0.0465. The SMILES string of the molecule is COc1ccccc1C[Si](C)(C)O[Si](C)(O[Si](C)(C)CC[Si](C)(C)O[Si](C)(C)C)O[Si](C)(C)Cc1ccccc1OC(=O)Oc1ccc(-c2ccc(OC(=O)Oc3ccc(C(C)c4ccc(OC(C)=O)cc4)cc3)cc2)cc1. The van der Waals surface area contributed by atoms with Crippen molar-refractivity contribution in [3.63, 3.8) is 0 Å². The Kier molecular flexibility index (Phi) is 20.5. The van der Waals surface area contributed by atoms with Crippen LogP contribution in [0.1, 0.15) is 42.0 Å². The van der Waals surface area contributed by atoms with E-state index >= 15 is 0 Å². The van der Waals surface area contributed by atoms with Crippen LogP contribution in [0, 0.1) is 0 Å². The van der Waals surface area contributed by atoms with Gasteiger partial charge in [-0.15, -0.1) is 0 Å². The van der Waals surface area contributed by atoms with Crippen LogP contribution in [0.5, 0.6) is 34.5 Å². The van der Waals surface area contributed by atoms with E-state index < -0.39 is 62.7 Å². The van der Waals surface area contributed by atoms with Crippen LogP contribution in [0.2, 0.25) is 90.7 Å². The first-order valence-corrected chi connectivity index (χ1v) is 44.5. The highest BCUT2D eigenvalue weighted by Gasteiger charge is 2.50. The van der Waals surface area contributed by atoms with Crippen LogP contribution >= 0.6 is 0 Å². The summed E-state index contributed by atoms with van der Waals surface area (Å²) in [6.07, 6.45) is -1.74. The van der Waals surface area contributed by atoms with E-state index in [0.29, 0.717) is 34.8 Å². The molecule has 6 rings (SSSR count). The second-order valence-corrected chi connectivity index (χ2v) is 48.1. The molecule has 6 aromatic carbocycles. The molecule has 2 unspecified atom stereocenters. The summed E-state index contributed by atoms with van der Waals surface area (Å²) in [4.78, 5) is 37.4. The molecule has 0 aliphatic heterocycles. The number of rotatable bonds is 24. The predicted molar refractivity (Wildman–Crippen MR) is 323 cm³/mol. The van der Waals surface area contributed by atoms with Crippen molar-refractivity contribution in [2.75, 3.05) is 7.11 Å². The second-order valence-electron chi connectivity index (χ2n) is 23.1. The summed E-state index contributed by atoms with van der Waals surface area (Å²) >= 11 is 0. The number of benzene rings is 6. The highest BCUT2D eigenvalue weighted by molar-refractivity contribution is 6.91. The largest absolute Gasteiger partial charge is 0.519 e. The van der Waals surface area contributed by atoms with Crippen molar-refractivity contribution in [1.82, 2.24) is 0 Å². The van der Waals surface area contributed by atoms with Crippen molar-refractivity contribution in [2.24, 2.45) is 0 Å². The van der Waals surface area contributed by atoms with E-state index in [4.69, 9.17) is 44.9 Å². The van der Waals surface area contributed by atoms with Crippen LogP contribution in [-0.2, 0) is 33.3 Å². The van der Waals surface area contributed by atoms with Crippen molar-refractivity contribution in [1.29, 1.82) is 0 Å². The van der Waals surface area contributed by atoms with Gasteiger partial charge < -0.3 is 44.9 Å². The molecule has 0 spiro atoms. The normalized spacial score (nSPS) is 13.4. The molecular weight excluding hydrogens is 1090 g/mol. The molecule has 0 heterocycles. The molecular formula is C59H78O13Si6. The first-order valence-electron chi connectivity index (χ1n) is 26.4. The minimum Gasteiger partial charge on any atom is -0.496 e. The van der Waals surface area contributed by atoms with E-state index in [0.717, 1.165) is 57.3 Å². The first-order chi connectivity index (χ1) is 36.5. The lowest BCUT2D eigenvalue weighted by molar-refractivity contribution is -0.131. The van der Waals surface area contributed by atoms with Crippen LogP contribution in [0.25, 0.3) is 11.1 Å². The zero-order valence-corrected chi connectivity index (χ0v) is 54.1. The molecule has 78 heavy (non-hydrogen) atoms. The van der Waals surface area contributed by atoms with Gasteiger partial charge in [-0.1, -0.05) is 91.9 Å². The fourth-order valence-electron chi connectivity index (χ4n) is 9.55. The monoisotopic (exact) mass is 1160 g/mol. The number of carbonyl (C=O) groups is 3. The first kappa shape index (κ1) is 61.5. The van der Waals surface area contributed by atoms with E-state index in [9.17, 15) is 14.4 Å². The van der Waals surface area contributed by atoms with Gasteiger partial charge in [0.25, 0.3) is 0 Å². The maximum absolute atomic E-state index is 13.4. The average molecular weight is 1160 g/mol. The molecule has 0 radical (unpaired) electrons. The van der Waals surface area contributed by atoms with Crippen LogP contribution in [0.3, 0.4) is 0 Å². The predicted octanol–water partition coefficient (Wildman–Crippen LogP) is 15.7. The fourth-order valence-corrected chi connectivity index (χ4v) is 38.5. The number of hydrogen-bond acceptors (Lipinski definition) is 13. The summed E-state index contributed by atoms with van der Waals surface area (Å²) in [5.41, 5.74) is 5.66. The van der Waals surface area contributed by atoms with Crippen LogP contribution in [0.15, 0.2) is 146 Å². The lowest BCUT2D eigenvalue weighted by atomic mass is 9.93. The zero-order chi connectivity index (χ0) is 57.1. The van der Waals surface area contributed by atoms with E-state index in [2.05, 4.69) is 91.6 Å². The Morgan fingerprint density at radius 2 is 0.756 bits per heavy atom. The fraction of sp³-hybridized carbons (Fsp3) is 0.339. The minimum atomic E-state index is -3.34. The lowest BCUT2D eigenvalue weighted by Crippen LogP contribution is -2.61. The van der Waals surface area contributed by atoms with Gasteiger partial charge in [0.15, 0.2) is 41.6 Å². The van der Waals surface area contributed by atoms with Gasteiger partial charge in [-0.2, -0.15) is 0 Å². The average Bonchev–Trinajstić information content (AvgIpc) is 3.36. The third-order valence-electron chi connectivity index (χ3n) is 12.6. The number of ether oxygens (including phenoxy) is 6. The van der Waals surface area contributed by atoms with E-state index in [1.807, 2.05) is 84.9 Å². The number of methoxy groups -OCH3 is 1. The molecule has 416 valence electrons. The maximum Gasteiger partial charge on any atom is 0.519 e. The molecule has 13 nitrogen and oxygen atoms in total. The molecule has 0 amide bonds. The van der Waals surface area contributed by atoms with Gasteiger partial charge in [0, 0.05) is 19.4 Å². The summed E-state index contributed by atoms with van der Waals surface area (Å²) < 4.78 is 62.1. The number of esters is 1. The standard InChI is InChI=1S/C59H78O13Si6/c1-44(46-24-32-52(33-25-46)64-45(2)60)47-26-34-53(35-27-47)65-58(61)66-54-36-28-48(29-37-54)49-30-38-55(39-31-49)67-59(62)68-57-23-19-17-21-51(57)43-77(13,14)72-78(15,70-75(9,10)41-40-74(7,8)69-73(4,5)6)71-76(11,12)42-50-20-16-18-22-56(50)63-3/h16-39,44H,40-43H2,1-15H3. The van der Waals surface area contributed by atoms with Gasteiger partial charge in [-0.3, -0.25) is 4.79 Å². The summed E-state index contributed by atoms with van der Waals surface area (Å²) in [6.45, 7) is 30.2. The summed E-state index contributed by atoms with van der Waals surface area (Å²) in [7, 11) is -12.8. The molecule has 0 aliphatic carbocycles. The number of hydrogen-bond donors (Lipinski definition) is 0. The van der Waals surface area contributed by atoms with Gasteiger partial charge in [-0.25, -0.2) is 9.59 Å². The maximum atomic E-state index is 13.4. The topological polar surface area (TPSA) is 144 Å². The smallest absolute Gasteiger partial charge is 0.496 e. The summed E-state index contributed by atoms with van der Waals surface area (Å²) in [5, 5.41) is 0. The van der Waals surface area contributed by atoms with Crippen molar-refractivity contribution < 1.29 is 59.3 Å². The Morgan fingerprint density at radius 1 is 0.410 bits per heavy atom. The second kappa shape index (κ2) is 26.0. The van der Waals surface area contributed by atoms with Gasteiger partial charge in [0.05, 0.1) is 7.11 Å². The molecule has 19 heteroatoms. The van der Waals surface area contributed by atoms with Gasteiger partial charge in [0.2, 0.25) is 0 Å². The summed E-state index contributed by atoms with van der Waals surface area (Å²) in [5.74, 6) is 2.34. The van der Waals surface area contributed by atoms with Crippen molar-refractivity contribution in [3.05, 3.63) is 168 Å². The number of carbonyl (C=O) groups excluding carboxylic acids is 3. The Hall–Kier alpha value is -5.73. The molecule has 0 saturated carbocycles. The Labute approximate surface area is 468 Å². The molecule has 0 aromatic heterocycles. The Morgan fingerprint density at radius 3 is 1.17 bits per heavy atom. The molecule has 0 bridgehead atoms. The molecule has 0 N–H and O–H groups in total. The van der Waals surface area contributed by atoms with Gasteiger partial charge in [0.1, 0.15) is 34.5 Å². The third-order valence-corrected chi connectivity index (χ3v) is 34.2. The van der Waals surface area contributed by atoms with Crippen LogP contribution in [0.4, 0.5) is 9.59 Å². The molecule has 6 aromatic rings. The molecule has 0 aliphatic rings. The van der Waals surface area contributed by atoms with Gasteiger partial charge in [-0.05, 0) is 190 Å². The van der Waals surface area contributed by atoms with E-state index in [-0.39, 0.29) is 11.9 Å². The molecule has 0 fully saturated rings. The van der Waals surface area contributed by atoms with Crippen LogP contribution in [-0.4, -0.2) is 75.8 Å². The molecule has 0 saturated heterocycles.